The van der Waals surface area contributed by atoms with Gasteiger partial charge in [0.15, 0.2) is 0 Å². The molecule has 6 aromatic rings. The Morgan fingerprint density at radius 2 is 1.94 bits per heavy atom. The summed E-state index contributed by atoms with van der Waals surface area (Å²) in [7, 11) is 0. The van der Waals surface area contributed by atoms with Crippen LogP contribution in [0.1, 0.15) is 11.5 Å². The Balaban J connectivity index is 1.16. The lowest BCUT2D eigenvalue weighted by atomic mass is 10.1. The molecule has 0 spiro atoms. The molecule has 0 unspecified atom stereocenters. The first-order valence-electron chi connectivity index (χ1n) is 11.4. The Kier molecular flexibility index (Phi) is 5.34. The highest BCUT2D eigenvalue weighted by atomic mass is 16.5. The van der Waals surface area contributed by atoms with Crippen LogP contribution in [0.15, 0.2) is 90.2 Å². The van der Waals surface area contributed by atoms with Crippen molar-refractivity contribution >= 4 is 22.5 Å². The van der Waals surface area contributed by atoms with Crippen molar-refractivity contribution in [3.8, 4) is 28.3 Å². The summed E-state index contributed by atoms with van der Waals surface area (Å²) >= 11 is 0. The van der Waals surface area contributed by atoms with E-state index in [9.17, 15) is 4.79 Å². The fourth-order valence-electron chi connectivity index (χ4n) is 4.08. The van der Waals surface area contributed by atoms with Crippen LogP contribution in [0.25, 0.3) is 39.2 Å². The molecular weight excluding hydrogens is 454 g/mol. The maximum absolute atomic E-state index is 12.5. The van der Waals surface area contributed by atoms with Gasteiger partial charge in [-0.1, -0.05) is 17.3 Å². The highest BCUT2D eigenvalue weighted by Gasteiger charge is 2.13. The fraction of sp³-hybridized carbons (Fsp3) is 0.0741. The summed E-state index contributed by atoms with van der Waals surface area (Å²) in [5.41, 5.74) is 6.05. The van der Waals surface area contributed by atoms with Crippen LogP contribution in [0.3, 0.4) is 0 Å². The molecule has 0 radical (unpaired) electrons. The molecular formula is C27H21N7O2. The van der Waals surface area contributed by atoms with E-state index in [1.54, 1.807) is 31.0 Å². The molecule has 9 nitrogen and oxygen atoms in total. The van der Waals surface area contributed by atoms with Crippen LogP contribution in [-0.4, -0.2) is 35.6 Å². The number of aromatic nitrogens is 6. The van der Waals surface area contributed by atoms with Crippen molar-refractivity contribution in [3.05, 3.63) is 97.2 Å². The summed E-state index contributed by atoms with van der Waals surface area (Å²) in [4.78, 5) is 28.9. The number of nitrogens with one attached hydrogen (secondary N) is 2. The Labute approximate surface area is 205 Å². The molecule has 0 aliphatic rings. The van der Waals surface area contributed by atoms with Crippen molar-refractivity contribution in [2.45, 2.75) is 13.3 Å². The largest absolute Gasteiger partial charge is 0.360 e. The normalized spacial score (nSPS) is 11.1. The zero-order valence-corrected chi connectivity index (χ0v) is 19.3. The SMILES string of the molecule is Cc1cn(-c2nccc3[nH]c(-c4ccc(NC(=O)Cc5cc(-c6cccnc6)no5)cc4)cc23)cn1. The molecule has 176 valence electrons. The number of H-pyrrole nitrogens is 1. The molecule has 0 bridgehead atoms. The quantitative estimate of drug-likeness (QED) is 0.352. The Morgan fingerprint density at radius 3 is 2.72 bits per heavy atom. The lowest BCUT2D eigenvalue weighted by molar-refractivity contribution is -0.115. The van der Waals surface area contributed by atoms with Crippen molar-refractivity contribution in [1.82, 2.24) is 29.7 Å². The van der Waals surface area contributed by atoms with Crippen molar-refractivity contribution < 1.29 is 9.32 Å². The number of rotatable bonds is 6. The average molecular weight is 476 g/mol. The van der Waals surface area contributed by atoms with Gasteiger partial charge in [-0.15, -0.1) is 0 Å². The minimum Gasteiger partial charge on any atom is -0.360 e. The predicted molar refractivity (Wildman–Crippen MR) is 135 cm³/mol. The number of pyridine rings is 2. The third kappa shape index (κ3) is 4.25. The first-order valence-corrected chi connectivity index (χ1v) is 11.4. The molecule has 0 saturated heterocycles. The number of aromatic amines is 1. The lowest BCUT2D eigenvalue weighted by Crippen LogP contribution is -2.13. The standard InChI is InChI=1S/C27H21N7O2/c1-17-15-34(16-30-17)27-22-13-24(32-23(22)8-10-29-27)18-4-6-20(7-5-18)31-26(35)12-21-11-25(33-36-21)19-3-2-9-28-14-19/h2-11,13-16,32H,12H2,1H3,(H,31,35). The zero-order valence-electron chi connectivity index (χ0n) is 19.3. The third-order valence-corrected chi connectivity index (χ3v) is 5.81. The molecule has 0 saturated carbocycles. The number of fused-ring (bicyclic) bond motifs is 1. The maximum Gasteiger partial charge on any atom is 0.232 e. The minimum atomic E-state index is -0.186. The first kappa shape index (κ1) is 21.5. The molecule has 0 aliphatic heterocycles. The number of imidazole rings is 1. The summed E-state index contributed by atoms with van der Waals surface area (Å²) < 4.78 is 7.24. The smallest absolute Gasteiger partial charge is 0.232 e. The lowest BCUT2D eigenvalue weighted by Gasteiger charge is -2.05. The van der Waals surface area contributed by atoms with Gasteiger partial charge >= 0.3 is 0 Å². The number of aryl methyl sites for hydroxylation is 1. The topological polar surface area (TPSA) is 115 Å². The van der Waals surface area contributed by atoms with Gasteiger partial charge in [-0.05, 0) is 48.9 Å². The van der Waals surface area contributed by atoms with Crippen molar-refractivity contribution in [1.29, 1.82) is 0 Å². The molecule has 0 fully saturated rings. The minimum absolute atomic E-state index is 0.0839. The van der Waals surface area contributed by atoms with Gasteiger partial charge < -0.3 is 14.8 Å². The van der Waals surface area contributed by atoms with E-state index in [0.29, 0.717) is 17.1 Å². The van der Waals surface area contributed by atoms with E-state index in [-0.39, 0.29) is 12.3 Å². The number of amides is 1. The molecule has 0 atom stereocenters. The molecule has 5 aromatic heterocycles. The molecule has 5 heterocycles. The fourth-order valence-corrected chi connectivity index (χ4v) is 4.08. The number of hydrogen-bond donors (Lipinski definition) is 2. The number of hydrogen-bond acceptors (Lipinski definition) is 6. The summed E-state index contributed by atoms with van der Waals surface area (Å²) in [6.45, 7) is 1.95. The van der Waals surface area contributed by atoms with Gasteiger partial charge in [0.2, 0.25) is 5.91 Å². The Morgan fingerprint density at radius 1 is 1.06 bits per heavy atom. The van der Waals surface area contributed by atoms with Crippen molar-refractivity contribution in [2.75, 3.05) is 5.32 Å². The van der Waals surface area contributed by atoms with E-state index in [1.165, 1.54) is 0 Å². The molecule has 1 aromatic carbocycles. The zero-order chi connectivity index (χ0) is 24.5. The third-order valence-electron chi connectivity index (χ3n) is 5.81. The molecule has 1 amide bonds. The number of benzene rings is 1. The van der Waals surface area contributed by atoms with Crippen LogP contribution in [0, 0.1) is 6.92 Å². The maximum atomic E-state index is 12.5. The number of nitrogens with zero attached hydrogens (tertiary/aromatic N) is 5. The number of carbonyl (C=O) groups is 1. The molecule has 0 aliphatic carbocycles. The second-order valence-electron chi connectivity index (χ2n) is 8.42. The van der Waals surface area contributed by atoms with Gasteiger partial charge in [-0.3, -0.25) is 14.3 Å². The highest BCUT2D eigenvalue weighted by molar-refractivity contribution is 5.93. The first-order chi connectivity index (χ1) is 17.6. The van der Waals surface area contributed by atoms with Crippen molar-refractivity contribution in [2.24, 2.45) is 0 Å². The van der Waals surface area contributed by atoms with Gasteiger partial charge in [0.1, 0.15) is 23.6 Å². The summed E-state index contributed by atoms with van der Waals surface area (Å²) in [6.07, 6.45) is 8.97. The van der Waals surface area contributed by atoms with Crippen LogP contribution < -0.4 is 5.32 Å². The average Bonchev–Trinajstić information content (AvgIpc) is 3.64. The van der Waals surface area contributed by atoms with Gasteiger partial charge in [0.25, 0.3) is 0 Å². The molecule has 6 rings (SSSR count). The Bertz CT molecular complexity index is 1660. The van der Waals surface area contributed by atoms with Crippen LogP contribution in [0.2, 0.25) is 0 Å². The van der Waals surface area contributed by atoms with Crippen LogP contribution in [0.5, 0.6) is 0 Å². The van der Waals surface area contributed by atoms with E-state index in [4.69, 9.17) is 4.52 Å². The van der Waals surface area contributed by atoms with E-state index >= 15 is 0 Å². The molecule has 9 heteroatoms. The summed E-state index contributed by atoms with van der Waals surface area (Å²) in [5, 5.41) is 7.94. The van der Waals surface area contributed by atoms with Crippen LogP contribution in [-0.2, 0) is 11.2 Å². The van der Waals surface area contributed by atoms with Crippen LogP contribution >= 0.6 is 0 Å². The van der Waals surface area contributed by atoms with E-state index in [2.05, 4.69) is 36.5 Å². The van der Waals surface area contributed by atoms with Gasteiger partial charge in [0, 0.05) is 53.2 Å². The molecule has 36 heavy (non-hydrogen) atoms. The predicted octanol–water partition coefficient (Wildman–Crippen LogP) is 4.96. The van der Waals surface area contributed by atoms with E-state index in [1.807, 2.05) is 60.2 Å². The Hall–Kier alpha value is -5.05. The second kappa shape index (κ2) is 8.95. The molecule has 2 N–H and O–H groups in total. The number of anilines is 1. The summed E-state index contributed by atoms with van der Waals surface area (Å²) in [6, 6.07) is 17.2. The monoisotopic (exact) mass is 475 g/mol. The van der Waals surface area contributed by atoms with Gasteiger partial charge in [-0.25, -0.2) is 9.97 Å². The van der Waals surface area contributed by atoms with Crippen LogP contribution in [0.4, 0.5) is 5.69 Å². The van der Waals surface area contributed by atoms with E-state index in [0.717, 1.165) is 39.2 Å². The summed E-state index contributed by atoms with van der Waals surface area (Å²) in [5.74, 6) is 1.12. The highest BCUT2D eigenvalue weighted by Crippen LogP contribution is 2.28. The van der Waals surface area contributed by atoms with Crippen molar-refractivity contribution in [3.63, 3.8) is 0 Å². The van der Waals surface area contributed by atoms with Gasteiger partial charge in [0.05, 0.1) is 17.6 Å². The van der Waals surface area contributed by atoms with E-state index < -0.39 is 0 Å². The van der Waals surface area contributed by atoms with Gasteiger partial charge in [-0.2, -0.15) is 0 Å². The second-order valence-corrected chi connectivity index (χ2v) is 8.42. The number of carbonyl (C=O) groups excluding carboxylic acids is 1.